The molecule has 0 radical (unpaired) electrons. The van der Waals surface area contributed by atoms with Gasteiger partial charge in [-0.15, -0.1) is 5.10 Å². The fraction of sp³-hybridized carbons (Fsp3) is 0.750. The summed E-state index contributed by atoms with van der Waals surface area (Å²) in [6.45, 7) is 2.99. The van der Waals surface area contributed by atoms with Crippen LogP contribution in [0.1, 0.15) is 13.3 Å². The van der Waals surface area contributed by atoms with Gasteiger partial charge in [0, 0.05) is 6.54 Å². The van der Waals surface area contributed by atoms with E-state index in [9.17, 15) is 4.79 Å². The van der Waals surface area contributed by atoms with Crippen molar-refractivity contribution in [1.29, 1.82) is 0 Å². The molecule has 0 saturated heterocycles. The number of amides is 1. The Morgan fingerprint density at radius 1 is 1.62 bits per heavy atom. The van der Waals surface area contributed by atoms with Crippen molar-refractivity contribution in [3.63, 3.8) is 0 Å². The van der Waals surface area contributed by atoms with Gasteiger partial charge in [-0.2, -0.15) is 0 Å². The molecule has 90 valence electrons. The molecular formula is C8H15N5O2S. The minimum atomic E-state index is -0.0367. The molecule has 0 aromatic carbocycles. The molecule has 2 N–H and O–H groups in total. The van der Waals surface area contributed by atoms with Gasteiger partial charge in [0.1, 0.15) is 0 Å². The summed E-state index contributed by atoms with van der Waals surface area (Å²) in [5.74, 6) is 0.247. The maximum absolute atomic E-state index is 11.3. The molecule has 0 fully saturated rings. The molecule has 0 aliphatic rings. The number of aliphatic hydroxyl groups is 1. The van der Waals surface area contributed by atoms with Crippen molar-refractivity contribution in [3.8, 4) is 0 Å². The first-order valence-electron chi connectivity index (χ1n) is 5.04. The Morgan fingerprint density at radius 3 is 3.12 bits per heavy atom. The third-order valence-corrected chi connectivity index (χ3v) is 2.67. The summed E-state index contributed by atoms with van der Waals surface area (Å²) in [6, 6.07) is 0. The Bertz CT molecular complexity index is 330. The van der Waals surface area contributed by atoms with E-state index in [0.29, 0.717) is 18.2 Å². The Balaban J connectivity index is 2.35. The number of hydrogen-bond acceptors (Lipinski definition) is 6. The van der Waals surface area contributed by atoms with Crippen LogP contribution in [-0.4, -0.2) is 50.1 Å². The van der Waals surface area contributed by atoms with E-state index in [4.69, 9.17) is 5.11 Å². The highest BCUT2D eigenvalue weighted by atomic mass is 32.2. The predicted octanol–water partition coefficient (Wildman–Crippen LogP) is -0.716. The second-order valence-electron chi connectivity index (χ2n) is 3.05. The van der Waals surface area contributed by atoms with E-state index in [-0.39, 0.29) is 18.3 Å². The average Bonchev–Trinajstić information content (AvgIpc) is 2.72. The van der Waals surface area contributed by atoms with E-state index in [0.717, 1.165) is 6.42 Å². The number of nitrogens with zero attached hydrogens (tertiary/aromatic N) is 4. The molecule has 1 rings (SSSR count). The first-order chi connectivity index (χ1) is 7.77. The minimum absolute atomic E-state index is 0.0272. The lowest BCUT2D eigenvalue weighted by Gasteiger charge is -2.03. The van der Waals surface area contributed by atoms with Crippen molar-refractivity contribution in [2.45, 2.75) is 25.0 Å². The molecule has 7 nitrogen and oxygen atoms in total. The van der Waals surface area contributed by atoms with Crippen molar-refractivity contribution in [2.75, 3.05) is 18.9 Å². The topological polar surface area (TPSA) is 92.9 Å². The van der Waals surface area contributed by atoms with Crippen LogP contribution in [-0.2, 0) is 11.3 Å². The lowest BCUT2D eigenvalue weighted by Crippen LogP contribution is -2.25. The van der Waals surface area contributed by atoms with Crippen LogP contribution in [0, 0.1) is 0 Å². The maximum Gasteiger partial charge on any atom is 0.230 e. The van der Waals surface area contributed by atoms with Crippen molar-refractivity contribution >= 4 is 17.7 Å². The van der Waals surface area contributed by atoms with Gasteiger partial charge < -0.3 is 10.4 Å². The number of thioether (sulfide) groups is 1. The summed E-state index contributed by atoms with van der Waals surface area (Å²) in [6.07, 6.45) is 0.915. The number of carbonyl (C=O) groups is 1. The SMILES string of the molecule is CCCNC(=O)CSc1nnnn1CCO. The molecule has 1 amide bonds. The number of nitrogens with one attached hydrogen (secondary N) is 1. The van der Waals surface area contributed by atoms with E-state index < -0.39 is 0 Å². The molecule has 1 aromatic heterocycles. The van der Waals surface area contributed by atoms with E-state index in [1.807, 2.05) is 6.92 Å². The normalized spacial score (nSPS) is 10.4. The fourth-order valence-electron chi connectivity index (χ4n) is 0.980. The summed E-state index contributed by atoms with van der Waals surface area (Å²) in [5.41, 5.74) is 0. The number of hydrogen-bond donors (Lipinski definition) is 2. The van der Waals surface area contributed by atoms with Gasteiger partial charge in [0.2, 0.25) is 11.1 Å². The smallest absolute Gasteiger partial charge is 0.230 e. The van der Waals surface area contributed by atoms with Crippen LogP contribution < -0.4 is 5.32 Å². The largest absolute Gasteiger partial charge is 0.394 e. The van der Waals surface area contributed by atoms with Gasteiger partial charge in [0.15, 0.2) is 0 Å². The van der Waals surface area contributed by atoms with E-state index in [1.54, 1.807) is 0 Å². The summed E-state index contributed by atoms with van der Waals surface area (Å²) < 4.78 is 1.47. The quantitative estimate of drug-likeness (QED) is 0.616. The fourth-order valence-corrected chi connectivity index (χ4v) is 1.71. The highest BCUT2D eigenvalue weighted by Crippen LogP contribution is 2.12. The Morgan fingerprint density at radius 2 is 2.44 bits per heavy atom. The average molecular weight is 245 g/mol. The van der Waals surface area contributed by atoms with Crippen molar-refractivity contribution in [2.24, 2.45) is 0 Å². The molecule has 0 aliphatic heterocycles. The van der Waals surface area contributed by atoms with Crippen molar-refractivity contribution < 1.29 is 9.90 Å². The van der Waals surface area contributed by atoms with Crippen LogP contribution in [0.15, 0.2) is 5.16 Å². The van der Waals surface area contributed by atoms with Crippen LogP contribution >= 0.6 is 11.8 Å². The first-order valence-corrected chi connectivity index (χ1v) is 6.03. The molecular weight excluding hydrogens is 230 g/mol. The number of aliphatic hydroxyl groups excluding tert-OH is 1. The zero-order chi connectivity index (χ0) is 11.8. The van der Waals surface area contributed by atoms with Gasteiger partial charge in [-0.05, 0) is 16.8 Å². The molecule has 1 heterocycles. The molecule has 0 spiro atoms. The second kappa shape index (κ2) is 7.18. The van der Waals surface area contributed by atoms with Crippen molar-refractivity contribution in [1.82, 2.24) is 25.5 Å². The van der Waals surface area contributed by atoms with E-state index in [2.05, 4.69) is 20.8 Å². The summed E-state index contributed by atoms with van der Waals surface area (Å²) in [4.78, 5) is 11.3. The predicted molar refractivity (Wildman–Crippen MR) is 58.9 cm³/mol. The highest BCUT2D eigenvalue weighted by molar-refractivity contribution is 7.99. The molecule has 0 saturated carbocycles. The zero-order valence-electron chi connectivity index (χ0n) is 9.09. The molecule has 8 heteroatoms. The standard InChI is InChI=1S/C8H15N5O2S/c1-2-3-9-7(15)6-16-8-10-11-12-13(8)4-5-14/h14H,2-6H2,1H3,(H,9,15). The molecule has 16 heavy (non-hydrogen) atoms. The monoisotopic (exact) mass is 245 g/mol. The van der Waals surface area contributed by atoms with E-state index >= 15 is 0 Å². The van der Waals surface area contributed by atoms with Gasteiger partial charge in [0.25, 0.3) is 0 Å². The van der Waals surface area contributed by atoms with Crippen molar-refractivity contribution in [3.05, 3.63) is 0 Å². The molecule has 0 bridgehead atoms. The molecule has 0 unspecified atom stereocenters. The number of rotatable bonds is 7. The van der Waals surface area contributed by atoms with Gasteiger partial charge in [-0.3, -0.25) is 4.79 Å². The Labute approximate surface area is 97.6 Å². The van der Waals surface area contributed by atoms with Crippen LogP contribution in [0.25, 0.3) is 0 Å². The zero-order valence-corrected chi connectivity index (χ0v) is 9.90. The lowest BCUT2D eigenvalue weighted by molar-refractivity contribution is -0.118. The minimum Gasteiger partial charge on any atom is -0.394 e. The number of tetrazole rings is 1. The Hall–Kier alpha value is -1.15. The van der Waals surface area contributed by atoms with Gasteiger partial charge in [-0.25, -0.2) is 4.68 Å². The van der Waals surface area contributed by atoms with Crippen LogP contribution in [0.3, 0.4) is 0 Å². The van der Waals surface area contributed by atoms with Gasteiger partial charge >= 0.3 is 0 Å². The third-order valence-electron chi connectivity index (χ3n) is 1.72. The number of carbonyl (C=O) groups excluding carboxylic acids is 1. The molecule has 0 aliphatic carbocycles. The highest BCUT2D eigenvalue weighted by Gasteiger charge is 2.08. The molecule has 0 atom stereocenters. The van der Waals surface area contributed by atoms with Gasteiger partial charge in [-0.1, -0.05) is 18.7 Å². The Kier molecular flexibility index (Phi) is 5.79. The summed E-state index contributed by atoms with van der Waals surface area (Å²) >= 11 is 1.26. The lowest BCUT2D eigenvalue weighted by atomic mass is 10.5. The maximum atomic E-state index is 11.3. The second-order valence-corrected chi connectivity index (χ2v) is 3.99. The van der Waals surface area contributed by atoms with Crippen LogP contribution in [0.5, 0.6) is 0 Å². The number of aromatic nitrogens is 4. The molecule has 1 aromatic rings. The summed E-state index contributed by atoms with van der Waals surface area (Å²) in [5, 5.41) is 23.0. The van der Waals surface area contributed by atoms with Crippen LogP contribution in [0.4, 0.5) is 0 Å². The van der Waals surface area contributed by atoms with Crippen LogP contribution in [0.2, 0.25) is 0 Å². The van der Waals surface area contributed by atoms with E-state index in [1.165, 1.54) is 16.4 Å². The van der Waals surface area contributed by atoms with Gasteiger partial charge in [0.05, 0.1) is 18.9 Å². The summed E-state index contributed by atoms with van der Waals surface area (Å²) in [7, 11) is 0. The third kappa shape index (κ3) is 4.15. The first kappa shape index (κ1) is 12.9.